The summed E-state index contributed by atoms with van der Waals surface area (Å²) >= 11 is 1.42. The number of fused-ring (bicyclic) bond motifs is 1. The zero-order chi connectivity index (χ0) is 20.6. The van der Waals surface area contributed by atoms with Gasteiger partial charge in [-0.15, -0.1) is 0 Å². The van der Waals surface area contributed by atoms with Gasteiger partial charge in [-0.25, -0.2) is 17.8 Å². The van der Waals surface area contributed by atoms with Gasteiger partial charge in [-0.2, -0.15) is 0 Å². The van der Waals surface area contributed by atoms with E-state index in [0.717, 1.165) is 15.3 Å². The third-order valence-corrected chi connectivity index (χ3v) is 7.87. The molecule has 1 aliphatic rings. The summed E-state index contributed by atoms with van der Waals surface area (Å²) in [5.74, 6) is -0.615. The van der Waals surface area contributed by atoms with E-state index in [1.807, 2.05) is 0 Å². The SMILES string of the molecule is CCS(=O)(=O)c1ccccc1C(=O)N1CCN(c2nc3ccc(F)cc3s2)CC1. The molecule has 9 heteroatoms. The van der Waals surface area contributed by atoms with Crippen LogP contribution < -0.4 is 4.90 Å². The summed E-state index contributed by atoms with van der Waals surface area (Å²) < 4.78 is 38.9. The maximum atomic E-state index is 13.4. The molecule has 0 aliphatic carbocycles. The van der Waals surface area contributed by atoms with Crippen molar-refractivity contribution in [2.24, 2.45) is 0 Å². The van der Waals surface area contributed by atoms with Gasteiger partial charge in [0.1, 0.15) is 5.82 Å². The van der Waals surface area contributed by atoms with Gasteiger partial charge >= 0.3 is 0 Å². The highest BCUT2D eigenvalue weighted by Crippen LogP contribution is 2.30. The Morgan fingerprint density at radius 1 is 1.14 bits per heavy atom. The molecule has 0 unspecified atom stereocenters. The molecule has 2 aromatic carbocycles. The Bertz CT molecular complexity index is 1170. The normalized spacial score (nSPS) is 15.1. The lowest BCUT2D eigenvalue weighted by molar-refractivity contribution is 0.0743. The highest BCUT2D eigenvalue weighted by Gasteiger charge is 2.27. The van der Waals surface area contributed by atoms with E-state index in [4.69, 9.17) is 0 Å². The maximum Gasteiger partial charge on any atom is 0.255 e. The van der Waals surface area contributed by atoms with E-state index >= 15 is 0 Å². The van der Waals surface area contributed by atoms with Crippen LogP contribution in [-0.2, 0) is 9.84 Å². The fourth-order valence-electron chi connectivity index (χ4n) is 3.36. The lowest BCUT2D eigenvalue weighted by atomic mass is 10.2. The van der Waals surface area contributed by atoms with E-state index in [-0.39, 0.29) is 27.9 Å². The topological polar surface area (TPSA) is 70.6 Å². The molecule has 2 heterocycles. The second-order valence-electron chi connectivity index (χ2n) is 6.79. The molecular formula is C20H20FN3O3S2. The van der Waals surface area contributed by atoms with E-state index in [1.54, 1.807) is 36.1 Å². The lowest BCUT2D eigenvalue weighted by Gasteiger charge is -2.34. The number of sulfone groups is 1. The molecular weight excluding hydrogens is 413 g/mol. The van der Waals surface area contributed by atoms with Crippen molar-refractivity contribution in [3.63, 3.8) is 0 Å². The summed E-state index contributed by atoms with van der Waals surface area (Å²) in [5.41, 5.74) is 0.974. The summed E-state index contributed by atoms with van der Waals surface area (Å²) in [6.07, 6.45) is 0. The standard InChI is InChI=1S/C20H20FN3O3S2/c1-2-29(26,27)18-6-4-3-5-15(18)19(25)23-9-11-24(12-10-23)20-22-16-8-7-14(21)13-17(16)28-20/h3-8,13H,2,9-12H2,1H3. The number of benzene rings is 2. The number of hydrogen-bond donors (Lipinski definition) is 0. The summed E-state index contributed by atoms with van der Waals surface area (Å²) in [5, 5.41) is 0.798. The van der Waals surface area contributed by atoms with Gasteiger partial charge in [0.05, 0.1) is 26.4 Å². The van der Waals surface area contributed by atoms with Crippen molar-refractivity contribution >= 4 is 42.4 Å². The maximum absolute atomic E-state index is 13.4. The monoisotopic (exact) mass is 433 g/mol. The molecule has 29 heavy (non-hydrogen) atoms. The highest BCUT2D eigenvalue weighted by atomic mass is 32.2. The summed E-state index contributed by atoms with van der Waals surface area (Å²) in [6.45, 7) is 3.65. The number of halogens is 1. The molecule has 152 valence electrons. The van der Waals surface area contributed by atoms with Crippen LogP contribution >= 0.6 is 11.3 Å². The number of carbonyl (C=O) groups is 1. The third-order valence-electron chi connectivity index (χ3n) is 5.01. The van der Waals surface area contributed by atoms with Crippen LogP contribution in [0, 0.1) is 5.82 Å². The van der Waals surface area contributed by atoms with Crippen molar-refractivity contribution in [1.82, 2.24) is 9.88 Å². The van der Waals surface area contributed by atoms with Gasteiger partial charge in [-0.3, -0.25) is 4.79 Å². The quantitative estimate of drug-likeness (QED) is 0.632. The van der Waals surface area contributed by atoms with Crippen molar-refractivity contribution in [2.45, 2.75) is 11.8 Å². The van der Waals surface area contributed by atoms with Crippen LogP contribution in [0.2, 0.25) is 0 Å². The Labute approximate surface area is 172 Å². The summed E-state index contributed by atoms with van der Waals surface area (Å²) in [6, 6.07) is 10.9. The highest BCUT2D eigenvalue weighted by molar-refractivity contribution is 7.91. The number of aromatic nitrogens is 1. The van der Waals surface area contributed by atoms with Crippen LogP contribution in [0.1, 0.15) is 17.3 Å². The fraction of sp³-hybridized carbons (Fsp3) is 0.300. The molecule has 4 rings (SSSR count). The van der Waals surface area contributed by atoms with E-state index < -0.39 is 9.84 Å². The van der Waals surface area contributed by atoms with Crippen molar-refractivity contribution in [3.05, 3.63) is 53.8 Å². The van der Waals surface area contributed by atoms with Crippen LogP contribution in [0.25, 0.3) is 10.2 Å². The summed E-state index contributed by atoms with van der Waals surface area (Å²) in [7, 11) is -3.48. The van der Waals surface area contributed by atoms with Crippen LogP contribution in [-0.4, -0.2) is 56.1 Å². The third kappa shape index (κ3) is 3.84. The van der Waals surface area contributed by atoms with E-state index in [0.29, 0.717) is 26.2 Å². The number of piperazine rings is 1. The van der Waals surface area contributed by atoms with Crippen LogP contribution in [0.15, 0.2) is 47.4 Å². The molecule has 0 radical (unpaired) electrons. The Kier molecular flexibility index (Phi) is 5.26. The Morgan fingerprint density at radius 2 is 1.86 bits per heavy atom. The Balaban J connectivity index is 1.50. The minimum atomic E-state index is -3.48. The molecule has 0 saturated carbocycles. The van der Waals surface area contributed by atoms with Crippen LogP contribution in [0.4, 0.5) is 9.52 Å². The van der Waals surface area contributed by atoms with Gasteiger partial charge in [-0.05, 0) is 30.3 Å². The van der Waals surface area contributed by atoms with Gasteiger partial charge in [0.15, 0.2) is 15.0 Å². The first kappa shape index (κ1) is 19.8. The average Bonchev–Trinajstić information content (AvgIpc) is 3.16. The Morgan fingerprint density at radius 3 is 2.59 bits per heavy atom. The first-order valence-corrected chi connectivity index (χ1v) is 11.8. The van der Waals surface area contributed by atoms with Gasteiger partial charge in [0.25, 0.3) is 5.91 Å². The van der Waals surface area contributed by atoms with Crippen molar-refractivity contribution < 1.29 is 17.6 Å². The first-order chi connectivity index (χ1) is 13.9. The smallest absolute Gasteiger partial charge is 0.255 e. The number of amides is 1. The van der Waals surface area contributed by atoms with Gasteiger partial charge in [0, 0.05) is 26.2 Å². The number of thiazole rings is 1. The van der Waals surface area contributed by atoms with E-state index in [1.165, 1.54) is 29.5 Å². The average molecular weight is 434 g/mol. The number of anilines is 1. The van der Waals surface area contributed by atoms with Gasteiger partial charge in [-0.1, -0.05) is 30.4 Å². The fourth-order valence-corrected chi connectivity index (χ4v) is 5.49. The molecule has 1 aliphatic heterocycles. The van der Waals surface area contributed by atoms with Crippen molar-refractivity contribution in [2.75, 3.05) is 36.8 Å². The number of nitrogens with zero attached hydrogens (tertiary/aromatic N) is 3. The van der Waals surface area contributed by atoms with Gasteiger partial charge in [0.2, 0.25) is 0 Å². The molecule has 6 nitrogen and oxygen atoms in total. The predicted octanol–water partition coefficient (Wildman–Crippen LogP) is 3.19. The van der Waals surface area contributed by atoms with Crippen LogP contribution in [0.5, 0.6) is 0 Å². The van der Waals surface area contributed by atoms with E-state index in [2.05, 4.69) is 9.88 Å². The lowest BCUT2D eigenvalue weighted by Crippen LogP contribution is -2.49. The molecule has 1 fully saturated rings. The second-order valence-corrected chi connectivity index (χ2v) is 10.0. The molecule has 1 aromatic heterocycles. The minimum Gasteiger partial charge on any atom is -0.345 e. The van der Waals surface area contributed by atoms with Crippen molar-refractivity contribution in [1.29, 1.82) is 0 Å². The zero-order valence-corrected chi connectivity index (χ0v) is 17.5. The molecule has 1 saturated heterocycles. The molecule has 3 aromatic rings. The summed E-state index contributed by atoms with van der Waals surface area (Å²) in [4.78, 5) is 21.4. The number of hydrogen-bond acceptors (Lipinski definition) is 6. The molecule has 0 atom stereocenters. The van der Waals surface area contributed by atoms with Crippen LogP contribution in [0.3, 0.4) is 0 Å². The molecule has 0 N–H and O–H groups in total. The first-order valence-electron chi connectivity index (χ1n) is 9.31. The number of rotatable bonds is 4. The second kappa shape index (κ2) is 7.72. The minimum absolute atomic E-state index is 0.0523. The van der Waals surface area contributed by atoms with Gasteiger partial charge < -0.3 is 9.80 Å². The zero-order valence-electron chi connectivity index (χ0n) is 15.8. The van der Waals surface area contributed by atoms with E-state index in [9.17, 15) is 17.6 Å². The number of carbonyl (C=O) groups excluding carboxylic acids is 1. The largest absolute Gasteiger partial charge is 0.345 e. The molecule has 1 amide bonds. The van der Waals surface area contributed by atoms with Crippen molar-refractivity contribution in [3.8, 4) is 0 Å². The molecule has 0 bridgehead atoms. The predicted molar refractivity (Wildman–Crippen MR) is 112 cm³/mol. The Hall–Kier alpha value is -2.52. The molecule has 0 spiro atoms.